The quantitative estimate of drug-likeness (QED) is 0.164. The lowest BCUT2D eigenvalue weighted by Crippen LogP contribution is -2.29. The van der Waals surface area contributed by atoms with E-state index in [-0.39, 0.29) is 17.4 Å². The standard InChI is InChI=1S/C29H23BrN2O5S/c1-3-36-20-8-9-21-23(14-20)38-29(31-21)32-25(16-5-4-6-19(30)13-16)24(27(34)28(32)35)26(33)17-7-10-22-18(12-17)11-15(2)37-22/h4-10,12-15,25,33H,3,11H2,1-2H3/b26-24+/t15-,25+/m0/s1. The van der Waals surface area contributed by atoms with Crippen LogP contribution in [-0.2, 0) is 16.0 Å². The van der Waals surface area contributed by atoms with Gasteiger partial charge < -0.3 is 14.6 Å². The van der Waals surface area contributed by atoms with Gasteiger partial charge in [-0.2, -0.15) is 0 Å². The first-order valence-corrected chi connectivity index (χ1v) is 13.8. The minimum atomic E-state index is -0.858. The molecule has 0 radical (unpaired) electrons. The van der Waals surface area contributed by atoms with Crippen molar-refractivity contribution < 1.29 is 24.2 Å². The number of ketones is 1. The minimum absolute atomic E-state index is 0.0225. The number of anilines is 1. The summed E-state index contributed by atoms with van der Waals surface area (Å²) in [6, 6.07) is 17.4. The van der Waals surface area contributed by atoms with Crippen LogP contribution in [0.2, 0.25) is 0 Å². The number of aromatic nitrogens is 1. The van der Waals surface area contributed by atoms with Crippen LogP contribution in [0, 0.1) is 0 Å². The maximum atomic E-state index is 13.5. The Labute approximate surface area is 231 Å². The van der Waals surface area contributed by atoms with E-state index in [1.54, 1.807) is 12.1 Å². The van der Waals surface area contributed by atoms with E-state index >= 15 is 0 Å². The highest BCUT2D eigenvalue weighted by Gasteiger charge is 2.48. The molecule has 4 aromatic rings. The van der Waals surface area contributed by atoms with Gasteiger partial charge in [0.15, 0.2) is 5.13 Å². The molecule has 3 aromatic carbocycles. The lowest BCUT2D eigenvalue weighted by atomic mass is 9.94. The fourth-order valence-corrected chi connectivity index (χ4v) is 6.44. The van der Waals surface area contributed by atoms with E-state index in [1.807, 2.05) is 62.4 Å². The van der Waals surface area contributed by atoms with Crippen LogP contribution in [-0.4, -0.2) is 34.5 Å². The molecule has 192 valence electrons. The summed E-state index contributed by atoms with van der Waals surface area (Å²) in [6.07, 6.45) is 0.742. The third-order valence-corrected chi connectivity index (χ3v) is 8.15. The highest BCUT2D eigenvalue weighted by Crippen LogP contribution is 2.45. The summed E-state index contributed by atoms with van der Waals surface area (Å²) in [7, 11) is 0. The molecule has 0 aliphatic carbocycles. The number of nitrogens with zero attached hydrogens (tertiary/aromatic N) is 2. The van der Waals surface area contributed by atoms with E-state index in [2.05, 4.69) is 20.9 Å². The van der Waals surface area contributed by atoms with Gasteiger partial charge in [0, 0.05) is 16.5 Å². The Morgan fingerprint density at radius 1 is 1.18 bits per heavy atom. The normalized spacial score (nSPS) is 20.1. The van der Waals surface area contributed by atoms with Gasteiger partial charge in [-0.25, -0.2) is 4.98 Å². The second-order valence-electron chi connectivity index (χ2n) is 9.24. The summed E-state index contributed by atoms with van der Waals surface area (Å²) in [4.78, 5) is 33.1. The molecule has 0 spiro atoms. The maximum absolute atomic E-state index is 13.5. The monoisotopic (exact) mass is 590 g/mol. The van der Waals surface area contributed by atoms with Gasteiger partial charge in [-0.1, -0.05) is 39.4 Å². The summed E-state index contributed by atoms with van der Waals surface area (Å²) in [5, 5.41) is 11.9. The fraction of sp³-hybridized carbons (Fsp3) is 0.207. The van der Waals surface area contributed by atoms with Crippen LogP contribution in [0.1, 0.15) is 36.6 Å². The van der Waals surface area contributed by atoms with E-state index in [0.717, 1.165) is 20.5 Å². The summed E-state index contributed by atoms with van der Waals surface area (Å²) in [5.41, 5.74) is 2.80. The Hall–Kier alpha value is -3.69. The number of ether oxygens (including phenoxy) is 2. The number of hydrogen-bond donors (Lipinski definition) is 1. The van der Waals surface area contributed by atoms with Gasteiger partial charge in [0.1, 0.15) is 23.4 Å². The van der Waals surface area contributed by atoms with Gasteiger partial charge in [-0.05, 0) is 73.5 Å². The number of aliphatic hydroxyl groups is 1. The number of rotatable bonds is 5. The van der Waals surface area contributed by atoms with Crippen molar-refractivity contribution in [2.45, 2.75) is 32.4 Å². The van der Waals surface area contributed by atoms with Crippen LogP contribution in [0.5, 0.6) is 11.5 Å². The number of hydrogen-bond acceptors (Lipinski definition) is 7. The van der Waals surface area contributed by atoms with Crippen LogP contribution < -0.4 is 14.4 Å². The molecule has 0 saturated carbocycles. The zero-order valence-corrected chi connectivity index (χ0v) is 23.0. The Morgan fingerprint density at radius 3 is 2.82 bits per heavy atom. The van der Waals surface area contributed by atoms with Crippen molar-refractivity contribution in [3.8, 4) is 11.5 Å². The van der Waals surface area contributed by atoms with Crippen molar-refractivity contribution in [2.75, 3.05) is 11.5 Å². The molecule has 0 unspecified atom stereocenters. The average Bonchev–Trinajstić information content (AvgIpc) is 3.56. The first kappa shape index (κ1) is 24.6. The first-order chi connectivity index (χ1) is 18.3. The Morgan fingerprint density at radius 2 is 2.03 bits per heavy atom. The number of benzene rings is 3. The molecule has 9 heteroatoms. The first-order valence-electron chi connectivity index (χ1n) is 12.2. The summed E-state index contributed by atoms with van der Waals surface area (Å²) in [5.74, 6) is -0.252. The second-order valence-corrected chi connectivity index (χ2v) is 11.2. The van der Waals surface area contributed by atoms with Crippen molar-refractivity contribution in [1.29, 1.82) is 0 Å². The molecule has 2 aliphatic heterocycles. The maximum Gasteiger partial charge on any atom is 0.301 e. The van der Waals surface area contributed by atoms with Crippen molar-refractivity contribution in [2.24, 2.45) is 0 Å². The average molecular weight is 591 g/mol. The summed E-state index contributed by atoms with van der Waals surface area (Å²) < 4.78 is 13.0. The third kappa shape index (κ3) is 4.16. The van der Waals surface area contributed by atoms with Crippen molar-refractivity contribution in [1.82, 2.24) is 4.98 Å². The van der Waals surface area contributed by atoms with Crippen molar-refractivity contribution in [3.05, 3.63) is 87.4 Å². The van der Waals surface area contributed by atoms with E-state index in [4.69, 9.17) is 9.47 Å². The fourth-order valence-electron chi connectivity index (χ4n) is 5.00. The smallest absolute Gasteiger partial charge is 0.301 e. The van der Waals surface area contributed by atoms with Crippen LogP contribution >= 0.6 is 27.3 Å². The molecule has 1 fully saturated rings. The number of aliphatic hydroxyl groups excluding tert-OH is 1. The number of carbonyl (C=O) groups excluding carboxylic acids is 2. The molecule has 1 saturated heterocycles. The van der Waals surface area contributed by atoms with Gasteiger partial charge in [0.2, 0.25) is 0 Å². The minimum Gasteiger partial charge on any atom is -0.507 e. The highest BCUT2D eigenvalue weighted by atomic mass is 79.9. The topological polar surface area (TPSA) is 89.0 Å². The van der Waals surface area contributed by atoms with E-state index < -0.39 is 17.7 Å². The van der Waals surface area contributed by atoms with Crippen molar-refractivity contribution >= 4 is 60.1 Å². The van der Waals surface area contributed by atoms with E-state index in [9.17, 15) is 14.7 Å². The van der Waals surface area contributed by atoms with E-state index in [0.29, 0.717) is 40.6 Å². The van der Waals surface area contributed by atoms with Crippen molar-refractivity contribution in [3.63, 3.8) is 0 Å². The molecule has 1 N–H and O–H groups in total. The molecular weight excluding hydrogens is 568 g/mol. The van der Waals surface area contributed by atoms with Gasteiger partial charge in [0.25, 0.3) is 5.78 Å². The molecule has 38 heavy (non-hydrogen) atoms. The zero-order chi connectivity index (χ0) is 26.6. The Kier molecular flexibility index (Phi) is 6.20. The zero-order valence-electron chi connectivity index (χ0n) is 20.6. The third-order valence-electron chi connectivity index (χ3n) is 6.64. The number of fused-ring (bicyclic) bond motifs is 2. The number of halogens is 1. The summed E-state index contributed by atoms with van der Waals surface area (Å²) in [6.45, 7) is 4.42. The predicted octanol–water partition coefficient (Wildman–Crippen LogP) is 6.41. The van der Waals surface area contributed by atoms with Gasteiger partial charge in [0.05, 0.1) is 28.4 Å². The lowest BCUT2D eigenvalue weighted by molar-refractivity contribution is -0.132. The summed E-state index contributed by atoms with van der Waals surface area (Å²) >= 11 is 4.80. The van der Waals surface area contributed by atoms with Crippen LogP contribution in [0.25, 0.3) is 16.0 Å². The van der Waals surface area contributed by atoms with Gasteiger partial charge in [-0.15, -0.1) is 0 Å². The molecule has 0 bridgehead atoms. The molecule has 1 aromatic heterocycles. The van der Waals surface area contributed by atoms with E-state index in [1.165, 1.54) is 16.2 Å². The second kappa shape index (κ2) is 9.56. The van der Waals surface area contributed by atoms with Crippen LogP contribution in [0.15, 0.2) is 70.7 Å². The molecule has 7 nitrogen and oxygen atoms in total. The molecular formula is C29H23BrN2O5S. The SMILES string of the molecule is CCOc1ccc2nc(N3C(=O)C(=O)/C(=C(/O)c4ccc5c(c4)C[C@H](C)O5)[C@H]3c3cccc(Br)c3)sc2c1. The van der Waals surface area contributed by atoms with Gasteiger partial charge in [-0.3, -0.25) is 14.5 Å². The lowest BCUT2D eigenvalue weighted by Gasteiger charge is -2.23. The van der Waals surface area contributed by atoms with Gasteiger partial charge >= 0.3 is 5.91 Å². The number of carbonyl (C=O) groups is 2. The number of Topliss-reactive ketones (excluding diaryl/α,β-unsaturated/α-hetero) is 1. The van der Waals surface area contributed by atoms with Crippen LogP contribution in [0.4, 0.5) is 5.13 Å². The molecule has 2 aliphatic rings. The Bertz CT molecular complexity index is 1650. The molecule has 6 rings (SSSR count). The van der Waals surface area contributed by atoms with Crippen LogP contribution in [0.3, 0.4) is 0 Å². The predicted molar refractivity (Wildman–Crippen MR) is 150 cm³/mol. The highest BCUT2D eigenvalue weighted by molar-refractivity contribution is 9.10. The number of amides is 1. The Balaban J connectivity index is 1.51. The molecule has 2 atom stereocenters. The number of thiazole rings is 1. The molecule has 1 amide bonds. The largest absolute Gasteiger partial charge is 0.507 e. The molecule has 3 heterocycles.